The zero-order valence-electron chi connectivity index (χ0n) is 18.9. The van der Waals surface area contributed by atoms with Crippen LogP contribution in [0, 0.1) is 5.92 Å². The van der Waals surface area contributed by atoms with Gasteiger partial charge in [-0.1, -0.05) is 32.0 Å². The molecular formula is C24H35N5O. The highest BCUT2D eigenvalue weighted by atomic mass is 16.2. The molecule has 2 aromatic rings. The van der Waals surface area contributed by atoms with Crippen molar-refractivity contribution in [2.75, 3.05) is 33.7 Å². The SMILES string of the molecule is CCNC(=NCC(c1cccnc1)C(C)C)NCCc1cccc(C(=O)N(C)C)c1. The van der Waals surface area contributed by atoms with E-state index in [1.807, 2.05) is 30.5 Å². The van der Waals surface area contributed by atoms with Crippen LogP contribution in [0.3, 0.4) is 0 Å². The van der Waals surface area contributed by atoms with Crippen LogP contribution >= 0.6 is 0 Å². The summed E-state index contributed by atoms with van der Waals surface area (Å²) in [4.78, 5) is 22.8. The van der Waals surface area contributed by atoms with E-state index >= 15 is 0 Å². The molecule has 1 amide bonds. The fraction of sp³-hybridized carbons (Fsp3) is 0.458. The minimum atomic E-state index is 0.0230. The summed E-state index contributed by atoms with van der Waals surface area (Å²) in [5.41, 5.74) is 3.06. The molecule has 1 aromatic carbocycles. The number of aliphatic imine (C=N–C) groups is 1. The molecule has 0 fully saturated rings. The fourth-order valence-corrected chi connectivity index (χ4v) is 3.27. The van der Waals surface area contributed by atoms with Gasteiger partial charge in [0.05, 0.1) is 0 Å². The van der Waals surface area contributed by atoms with Gasteiger partial charge in [0.25, 0.3) is 5.91 Å². The Morgan fingerprint density at radius 3 is 2.60 bits per heavy atom. The summed E-state index contributed by atoms with van der Waals surface area (Å²) in [5.74, 6) is 1.63. The third-order valence-corrected chi connectivity index (χ3v) is 4.99. The van der Waals surface area contributed by atoms with Gasteiger partial charge in [-0.2, -0.15) is 0 Å². The van der Waals surface area contributed by atoms with Gasteiger partial charge >= 0.3 is 0 Å². The summed E-state index contributed by atoms with van der Waals surface area (Å²) in [6.07, 6.45) is 4.55. The predicted octanol–water partition coefficient (Wildman–Crippen LogP) is 3.32. The van der Waals surface area contributed by atoms with Gasteiger partial charge in [0.15, 0.2) is 5.96 Å². The highest BCUT2D eigenvalue weighted by molar-refractivity contribution is 5.94. The first kappa shape index (κ1) is 23.4. The number of hydrogen-bond acceptors (Lipinski definition) is 3. The first-order chi connectivity index (χ1) is 14.4. The van der Waals surface area contributed by atoms with Crippen LogP contribution in [-0.4, -0.2) is 55.5 Å². The number of carbonyl (C=O) groups excluding carboxylic acids is 1. The van der Waals surface area contributed by atoms with Crippen LogP contribution in [0.2, 0.25) is 0 Å². The maximum atomic E-state index is 12.2. The average molecular weight is 410 g/mol. The molecule has 1 aromatic heterocycles. The number of aromatic nitrogens is 1. The van der Waals surface area contributed by atoms with E-state index in [-0.39, 0.29) is 5.91 Å². The standard InChI is InChI=1S/C24H35N5O/c1-6-26-24(28-17-22(18(2)3)21-11-8-13-25-16-21)27-14-12-19-9-7-10-20(15-19)23(30)29(4)5/h7-11,13,15-16,18,22H,6,12,14,17H2,1-5H3,(H2,26,27,28). The van der Waals surface area contributed by atoms with Crippen LogP contribution < -0.4 is 10.6 Å². The van der Waals surface area contributed by atoms with Crippen molar-refractivity contribution in [1.82, 2.24) is 20.5 Å². The number of carbonyl (C=O) groups is 1. The van der Waals surface area contributed by atoms with Gasteiger partial charge in [-0.3, -0.25) is 14.8 Å². The van der Waals surface area contributed by atoms with Gasteiger partial charge in [0, 0.05) is 57.6 Å². The number of guanidine groups is 1. The molecule has 30 heavy (non-hydrogen) atoms. The van der Waals surface area contributed by atoms with E-state index in [9.17, 15) is 4.79 Å². The van der Waals surface area contributed by atoms with Crippen molar-refractivity contribution in [3.05, 3.63) is 65.5 Å². The van der Waals surface area contributed by atoms with Crippen LogP contribution in [0.25, 0.3) is 0 Å². The monoisotopic (exact) mass is 409 g/mol. The molecule has 0 aliphatic rings. The Kier molecular flexibility index (Phi) is 9.32. The number of pyridine rings is 1. The molecule has 6 heteroatoms. The lowest BCUT2D eigenvalue weighted by molar-refractivity contribution is 0.0827. The molecule has 162 valence electrons. The summed E-state index contributed by atoms with van der Waals surface area (Å²) >= 11 is 0. The van der Waals surface area contributed by atoms with E-state index in [0.717, 1.165) is 31.0 Å². The Hall–Kier alpha value is -2.89. The van der Waals surface area contributed by atoms with Crippen molar-refractivity contribution < 1.29 is 4.79 Å². The molecule has 1 unspecified atom stereocenters. The lowest BCUT2D eigenvalue weighted by Crippen LogP contribution is -2.38. The van der Waals surface area contributed by atoms with Crippen molar-refractivity contribution in [3.63, 3.8) is 0 Å². The summed E-state index contributed by atoms with van der Waals surface area (Å²) in [5, 5.41) is 6.74. The number of nitrogens with zero attached hydrogens (tertiary/aromatic N) is 3. The largest absolute Gasteiger partial charge is 0.357 e. The molecule has 0 saturated heterocycles. The normalized spacial score (nSPS) is 12.5. The van der Waals surface area contributed by atoms with E-state index < -0.39 is 0 Å². The Morgan fingerprint density at radius 2 is 1.97 bits per heavy atom. The molecule has 0 radical (unpaired) electrons. The predicted molar refractivity (Wildman–Crippen MR) is 124 cm³/mol. The highest BCUT2D eigenvalue weighted by Crippen LogP contribution is 2.23. The molecular weight excluding hydrogens is 374 g/mol. The quantitative estimate of drug-likeness (QED) is 0.492. The Balaban J connectivity index is 1.98. The fourth-order valence-electron chi connectivity index (χ4n) is 3.27. The minimum Gasteiger partial charge on any atom is -0.357 e. The van der Waals surface area contributed by atoms with Crippen molar-refractivity contribution in [1.29, 1.82) is 0 Å². The van der Waals surface area contributed by atoms with E-state index in [1.54, 1.807) is 25.2 Å². The molecule has 1 atom stereocenters. The number of hydrogen-bond donors (Lipinski definition) is 2. The van der Waals surface area contributed by atoms with Gasteiger partial charge in [-0.05, 0) is 48.6 Å². The first-order valence-electron chi connectivity index (χ1n) is 10.6. The van der Waals surface area contributed by atoms with Crippen molar-refractivity contribution in [3.8, 4) is 0 Å². The lowest BCUT2D eigenvalue weighted by Gasteiger charge is -2.20. The third-order valence-electron chi connectivity index (χ3n) is 4.99. The zero-order valence-corrected chi connectivity index (χ0v) is 18.9. The van der Waals surface area contributed by atoms with Gasteiger partial charge in [-0.15, -0.1) is 0 Å². The van der Waals surface area contributed by atoms with E-state index in [4.69, 9.17) is 4.99 Å². The molecule has 1 heterocycles. The molecule has 2 rings (SSSR count). The lowest BCUT2D eigenvalue weighted by atomic mass is 9.89. The molecule has 0 saturated carbocycles. The summed E-state index contributed by atoms with van der Waals surface area (Å²) in [7, 11) is 3.54. The van der Waals surface area contributed by atoms with Crippen LogP contribution in [0.15, 0.2) is 53.8 Å². The Morgan fingerprint density at radius 1 is 1.17 bits per heavy atom. The summed E-state index contributed by atoms with van der Waals surface area (Å²) in [6.45, 7) is 8.74. The second kappa shape index (κ2) is 12.0. The van der Waals surface area contributed by atoms with Crippen molar-refractivity contribution in [2.24, 2.45) is 10.9 Å². The number of rotatable bonds is 9. The number of benzene rings is 1. The van der Waals surface area contributed by atoms with Gasteiger partial charge in [-0.25, -0.2) is 0 Å². The molecule has 6 nitrogen and oxygen atoms in total. The molecule has 2 N–H and O–H groups in total. The van der Waals surface area contributed by atoms with Crippen molar-refractivity contribution >= 4 is 11.9 Å². The van der Waals surface area contributed by atoms with E-state index in [0.29, 0.717) is 23.9 Å². The van der Waals surface area contributed by atoms with Crippen LogP contribution in [0.5, 0.6) is 0 Å². The Bertz CT molecular complexity index is 817. The summed E-state index contributed by atoms with van der Waals surface area (Å²) in [6, 6.07) is 11.9. The van der Waals surface area contributed by atoms with Gasteiger partial charge in [0.1, 0.15) is 0 Å². The van der Waals surface area contributed by atoms with Crippen LogP contribution in [0.1, 0.15) is 48.2 Å². The second-order valence-corrected chi connectivity index (χ2v) is 7.93. The topological polar surface area (TPSA) is 69.6 Å². The van der Waals surface area contributed by atoms with Crippen LogP contribution in [-0.2, 0) is 6.42 Å². The smallest absolute Gasteiger partial charge is 0.253 e. The van der Waals surface area contributed by atoms with Crippen LogP contribution in [0.4, 0.5) is 0 Å². The second-order valence-electron chi connectivity index (χ2n) is 7.93. The summed E-state index contributed by atoms with van der Waals surface area (Å²) < 4.78 is 0. The highest BCUT2D eigenvalue weighted by Gasteiger charge is 2.16. The molecule has 0 aliphatic heterocycles. The maximum Gasteiger partial charge on any atom is 0.253 e. The van der Waals surface area contributed by atoms with E-state index in [2.05, 4.69) is 48.5 Å². The Labute approximate surface area is 180 Å². The third kappa shape index (κ3) is 7.17. The zero-order chi connectivity index (χ0) is 21.9. The van der Waals surface area contributed by atoms with Gasteiger partial charge < -0.3 is 15.5 Å². The molecule has 0 bridgehead atoms. The molecule has 0 aliphatic carbocycles. The molecule has 0 spiro atoms. The van der Waals surface area contributed by atoms with E-state index in [1.165, 1.54) is 5.56 Å². The minimum absolute atomic E-state index is 0.0230. The average Bonchev–Trinajstić information content (AvgIpc) is 2.74. The number of nitrogens with one attached hydrogen (secondary N) is 2. The number of amides is 1. The first-order valence-corrected chi connectivity index (χ1v) is 10.6. The van der Waals surface area contributed by atoms with Gasteiger partial charge in [0.2, 0.25) is 0 Å². The maximum absolute atomic E-state index is 12.2. The van der Waals surface area contributed by atoms with Crippen molar-refractivity contribution in [2.45, 2.75) is 33.1 Å².